The zero-order valence-electron chi connectivity index (χ0n) is 15.6. The van der Waals surface area contributed by atoms with Crippen molar-refractivity contribution in [3.05, 3.63) is 14.9 Å². The minimum absolute atomic E-state index is 0. The maximum atomic E-state index is 2.45. The minimum atomic E-state index is -0.694. The van der Waals surface area contributed by atoms with Crippen LogP contribution in [0.1, 0.15) is 39.5 Å². The Morgan fingerprint density at radius 1 is 0.579 bits per heavy atom. The first-order chi connectivity index (χ1) is 7.12. The molecular weight excluding hydrogens is 307 g/mol. The molecule has 0 fully saturated rings. The van der Waals surface area contributed by atoms with Gasteiger partial charge < -0.3 is 14.9 Å². The largest absolute Gasteiger partial charge is 2.00 e. The van der Waals surface area contributed by atoms with Crippen LogP contribution in [-0.2, 0) is 16.5 Å². The van der Waals surface area contributed by atoms with Gasteiger partial charge in [-0.25, -0.2) is 0 Å². The van der Waals surface area contributed by atoms with Gasteiger partial charge in [-0.05, 0) is 0 Å². The van der Waals surface area contributed by atoms with E-state index < -0.39 is 16.1 Å². The van der Waals surface area contributed by atoms with Crippen LogP contribution in [-0.4, -0.2) is 16.1 Å². The number of hydrogen-bond donors (Lipinski definition) is 0. The summed E-state index contributed by atoms with van der Waals surface area (Å²) in [6.07, 6.45) is 5.64. The Labute approximate surface area is 138 Å². The molecule has 19 heavy (non-hydrogen) atoms. The Balaban J connectivity index is -0.0000000607. The molecule has 0 aliphatic carbocycles. The first-order valence-corrected chi connectivity index (χ1v) is 14.5. The van der Waals surface area contributed by atoms with Gasteiger partial charge in [-0.1, -0.05) is 90.9 Å². The first kappa shape index (κ1) is 32.0. The zero-order chi connectivity index (χ0) is 13.2. The van der Waals surface area contributed by atoms with E-state index in [1.165, 1.54) is 37.8 Å². The van der Waals surface area contributed by atoms with E-state index in [1.807, 2.05) is 0 Å². The van der Waals surface area contributed by atoms with Crippen molar-refractivity contribution in [2.75, 3.05) is 0 Å². The first-order valence-electron chi connectivity index (χ1n) is 7.12. The summed E-state index contributed by atoms with van der Waals surface area (Å²) in [5.74, 6) is 0. The van der Waals surface area contributed by atoms with Gasteiger partial charge in [0.15, 0.2) is 0 Å². The van der Waals surface area contributed by atoms with E-state index in [-0.39, 0.29) is 31.3 Å². The molecule has 0 unspecified atom stereocenters. The standard InChI is InChI=1S/C8H20Si.C6H16Si.2CH3.Ni/c1-5-6-7-8-9(2,3)4;1-5-6-7(2,3)4;;;/h5-8H2,1-4H3;5-6H2,1-4H3;2*1H3;/q;;2*-1;+2. The second-order valence-corrected chi connectivity index (χ2v) is 18.6. The number of rotatable bonds is 6. The molecule has 0 aliphatic heterocycles. The van der Waals surface area contributed by atoms with Crippen LogP contribution in [0.5, 0.6) is 0 Å². The van der Waals surface area contributed by atoms with Gasteiger partial charge in [0.05, 0.1) is 0 Å². The molecule has 0 radical (unpaired) electrons. The summed E-state index contributed by atoms with van der Waals surface area (Å²) in [6, 6.07) is 2.99. The second kappa shape index (κ2) is 17.0. The third kappa shape index (κ3) is 45.4. The minimum Gasteiger partial charge on any atom is -0.358 e. The van der Waals surface area contributed by atoms with Crippen molar-refractivity contribution in [1.29, 1.82) is 0 Å². The molecule has 0 aliphatic rings. The summed E-state index contributed by atoms with van der Waals surface area (Å²) >= 11 is 0. The van der Waals surface area contributed by atoms with Crippen LogP contribution in [0.25, 0.3) is 0 Å². The van der Waals surface area contributed by atoms with Crippen LogP contribution in [0.15, 0.2) is 0 Å². The van der Waals surface area contributed by atoms with Crippen LogP contribution < -0.4 is 0 Å². The molecule has 0 N–H and O–H groups in total. The topological polar surface area (TPSA) is 0 Å². The van der Waals surface area contributed by atoms with Crippen LogP contribution in [0, 0.1) is 14.9 Å². The Bertz CT molecular complexity index is 146. The van der Waals surface area contributed by atoms with Crippen molar-refractivity contribution in [1.82, 2.24) is 0 Å². The average molecular weight is 349 g/mol. The fourth-order valence-corrected chi connectivity index (χ4v) is 4.47. The van der Waals surface area contributed by atoms with Crippen molar-refractivity contribution in [3.63, 3.8) is 0 Å². The molecule has 0 aromatic heterocycles. The zero-order valence-corrected chi connectivity index (χ0v) is 18.5. The molecule has 0 aromatic rings. The molecule has 0 aromatic carbocycles. The fraction of sp³-hybridized carbons (Fsp3) is 0.875. The molecule has 0 nitrogen and oxygen atoms in total. The summed E-state index contributed by atoms with van der Waals surface area (Å²) < 4.78 is 0. The Kier molecular flexibility index (Phi) is 28.6. The van der Waals surface area contributed by atoms with E-state index in [9.17, 15) is 0 Å². The maximum Gasteiger partial charge on any atom is 2.00 e. The third-order valence-electron chi connectivity index (χ3n) is 2.53. The summed E-state index contributed by atoms with van der Waals surface area (Å²) in [5, 5.41) is 0. The van der Waals surface area contributed by atoms with Crippen LogP contribution in [0.2, 0.25) is 51.4 Å². The van der Waals surface area contributed by atoms with Gasteiger partial charge >= 0.3 is 16.5 Å². The monoisotopic (exact) mass is 348 g/mol. The van der Waals surface area contributed by atoms with E-state index in [4.69, 9.17) is 0 Å². The second-order valence-electron chi connectivity index (χ2n) is 7.33. The molecule has 124 valence electrons. The van der Waals surface area contributed by atoms with Gasteiger partial charge in [0.25, 0.3) is 0 Å². The summed E-state index contributed by atoms with van der Waals surface area (Å²) in [4.78, 5) is 0. The van der Waals surface area contributed by atoms with Crippen LogP contribution >= 0.6 is 0 Å². The predicted octanol–water partition coefficient (Wildman–Crippen LogP) is 7.15. The van der Waals surface area contributed by atoms with Gasteiger partial charge in [0.2, 0.25) is 0 Å². The van der Waals surface area contributed by atoms with Crippen molar-refractivity contribution in [2.45, 2.75) is 90.9 Å². The van der Waals surface area contributed by atoms with Crippen molar-refractivity contribution < 1.29 is 16.5 Å². The average Bonchev–Trinajstić information content (AvgIpc) is 2.01. The Morgan fingerprint density at radius 2 is 0.947 bits per heavy atom. The molecular formula is C16H42NiSi2. The van der Waals surface area contributed by atoms with E-state index in [2.05, 4.69) is 53.1 Å². The molecule has 0 saturated heterocycles. The third-order valence-corrected chi connectivity index (χ3v) is 6.38. The van der Waals surface area contributed by atoms with E-state index in [0.717, 1.165) is 0 Å². The molecule has 0 rings (SSSR count). The van der Waals surface area contributed by atoms with Crippen molar-refractivity contribution in [3.8, 4) is 0 Å². The molecule has 0 bridgehead atoms. The van der Waals surface area contributed by atoms with Gasteiger partial charge in [0, 0.05) is 16.1 Å². The van der Waals surface area contributed by atoms with Crippen LogP contribution in [0.3, 0.4) is 0 Å². The van der Waals surface area contributed by atoms with Gasteiger partial charge in [-0.3, -0.25) is 0 Å². The summed E-state index contributed by atoms with van der Waals surface area (Å²) in [6.45, 7) is 19.1. The van der Waals surface area contributed by atoms with Gasteiger partial charge in [-0.2, -0.15) is 0 Å². The Morgan fingerprint density at radius 3 is 1.11 bits per heavy atom. The molecule has 0 heterocycles. The molecule has 3 heteroatoms. The predicted molar refractivity (Wildman–Crippen MR) is 99.0 cm³/mol. The van der Waals surface area contributed by atoms with Crippen LogP contribution in [0.4, 0.5) is 0 Å². The quantitative estimate of drug-likeness (QED) is 0.271. The van der Waals surface area contributed by atoms with Gasteiger partial charge in [0.1, 0.15) is 0 Å². The van der Waals surface area contributed by atoms with E-state index in [0.29, 0.717) is 0 Å². The number of unbranched alkanes of at least 4 members (excludes halogenated alkanes) is 2. The van der Waals surface area contributed by atoms with Gasteiger partial charge in [-0.15, -0.1) is 0 Å². The maximum absolute atomic E-state index is 2.45. The fourth-order valence-electron chi connectivity index (χ4n) is 1.66. The number of hydrogen-bond acceptors (Lipinski definition) is 0. The Hall–Kier alpha value is 0.927. The molecule has 0 spiro atoms. The van der Waals surface area contributed by atoms with E-state index >= 15 is 0 Å². The van der Waals surface area contributed by atoms with Crippen molar-refractivity contribution >= 4 is 16.1 Å². The SMILES string of the molecule is CCCCC[Si](C)(C)C.CCC[Si](C)(C)C.[CH3-].[CH3-].[Ni+2]. The summed E-state index contributed by atoms with van der Waals surface area (Å²) in [5.41, 5.74) is 0. The molecule has 0 amide bonds. The molecule has 0 saturated carbocycles. The van der Waals surface area contributed by atoms with E-state index in [1.54, 1.807) is 0 Å². The molecule has 0 atom stereocenters. The summed E-state index contributed by atoms with van der Waals surface area (Å²) in [7, 11) is -1.35. The smallest absolute Gasteiger partial charge is 0.358 e. The van der Waals surface area contributed by atoms with Crippen molar-refractivity contribution in [2.24, 2.45) is 0 Å². The normalized spacial score (nSPS) is 10.1.